The molecule has 4 aliphatic carbocycles. The number of carbonyl (C=O) groups is 2. The molecule has 6 atom stereocenters. The van der Waals surface area contributed by atoms with E-state index in [4.69, 9.17) is 28.7 Å². The Morgan fingerprint density at radius 2 is 1.04 bits per heavy atom. The van der Waals surface area contributed by atoms with Crippen LogP contribution in [0.5, 0.6) is 28.7 Å². The Hall–Kier alpha value is -5.29. The number of hydrogen-bond donors (Lipinski definition) is 4. The van der Waals surface area contributed by atoms with Gasteiger partial charge in [0.15, 0.2) is 23.0 Å². The summed E-state index contributed by atoms with van der Waals surface area (Å²) < 4.78 is 36.8. The van der Waals surface area contributed by atoms with Gasteiger partial charge in [0.2, 0.25) is 17.6 Å². The lowest BCUT2D eigenvalue weighted by Gasteiger charge is -2.54. The lowest BCUT2D eigenvalue weighted by molar-refractivity contribution is -0.140. The molecule has 0 spiro atoms. The van der Waals surface area contributed by atoms with Gasteiger partial charge in [-0.25, -0.2) is 4.57 Å². The first-order chi connectivity index (χ1) is 34.5. The summed E-state index contributed by atoms with van der Waals surface area (Å²) >= 11 is 0. The number of rotatable bonds is 15. The van der Waals surface area contributed by atoms with Crippen LogP contribution < -0.4 is 34.1 Å². The first kappa shape index (κ1) is 55.5. The van der Waals surface area contributed by atoms with Gasteiger partial charge in [-0.1, -0.05) is 123 Å². The normalized spacial score (nSPS) is 25.3. The van der Waals surface area contributed by atoms with E-state index in [-0.39, 0.29) is 34.1 Å². The van der Waals surface area contributed by atoms with Gasteiger partial charge in [0.05, 0.1) is 39.3 Å². The van der Waals surface area contributed by atoms with Crippen LogP contribution in [0.15, 0.2) is 66.7 Å². The molecule has 12 nitrogen and oxygen atoms in total. The van der Waals surface area contributed by atoms with E-state index in [1.54, 1.807) is 36.4 Å². The van der Waals surface area contributed by atoms with Crippen LogP contribution in [0.2, 0.25) is 0 Å². The summed E-state index contributed by atoms with van der Waals surface area (Å²) in [6.07, 6.45) is 14.1. The largest absolute Gasteiger partial charge is 0.524 e. The fourth-order valence-electron chi connectivity index (χ4n) is 13.4. The van der Waals surface area contributed by atoms with Crippen molar-refractivity contribution >= 4 is 31.8 Å². The van der Waals surface area contributed by atoms with E-state index >= 15 is 0 Å². The van der Waals surface area contributed by atoms with Gasteiger partial charge < -0.3 is 34.1 Å². The molecule has 2 fully saturated rings. The third-order valence-corrected chi connectivity index (χ3v) is 17.8. The number of carbonyl (C=O) groups excluding carboxylic acids is 2. The first-order valence-electron chi connectivity index (χ1n) is 26.3. The van der Waals surface area contributed by atoms with Crippen LogP contribution in [0.3, 0.4) is 0 Å². The Kier molecular flexibility index (Phi) is 16.9. The molecule has 2 saturated carbocycles. The highest BCUT2D eigenvalue weighted by atomic mass is 31.2. The van der Waals surface area contributed by atoms with E-state index in [0.717, 1.165) is 69.8 Å². The monoisotopic (exact) mass is 1020 g/mol. The van der Waals surface area contributed by atoms with Gasteiger partial charge >= 0.3 is 7.82 Å². The number of benzene rings is 4. The smallest absolute Gasteiger partial charge is 0.493 e. The number of phosphoric acid groups is 1. The average molecular weight is 1020 g/mol. The van der Waals surface area contributed by atoms with E-state index in [0.29, 0.717) is 59.6 Å². The van der Waals surface area contributed by atoms with E-state index in [9.17, 15) is 14.2 Å². The van der Waals surface area contributed by atoms with Crippen LogP contribution in [0.1, 0.15) is 163 Å². The van der Waals surface area contributed by atoms with Crippen molar-refractivity contribution in [3.63, 3.8) is 0 Å². The minimum Gasteiger partial charge on any atom is -0.493 e. The van der Waals surface area contributed by atoms with Gasteiger partial charge in [-0.2, -0.15) is 0 Å². The molecule has 396 valence electrons. The second kappa shape index (κ2) is 22.3. The molecule has 0 bridgehead atoms. The molecular formula is C60H81N2O10P. The highest BCUT2D eigenvalue weighted by molar-refractivity contribution is 7.46. The van der Waals surface area contributed by atoms with Gasteiger partial charge in [-0.15, -0.1) is 0 Å². The highest BCUT2D eigenvalue weighted by Crippen LogP contribution is 2.59. The van der Waals surface area contributed by atoms with E-state index < -0.39 is 18.7 Å². The molecule has 8 rings (SSSR count). The van der Waals surface area contributed by atoms with Gasteiger partial charge in [0, 0.05) is 13.1 Å². The van der Waals surface area contributed by atoms with Gasteiger partial charge in [-0.3, -0.25) is 19.4 Å². The van der Waals surface area contributed by atoms with Crippen molar-refractivity contribution in [1.82, 2.24) is 10.6 Å². The van der Waals surface area contributed by atoms with Crippen molar-refractivity contribution < 1.29 is 47.4 Å². The molecule has 4 aromatic rings. The molecular weight excluding hydrogens is 940 g/mol. The number of amides is 2. The van der Waals surface area contributed by atoms with Crippen molar-refractivity contribution in [2.45, 2.75) is 142 Å². The third-order valence-electron chi connectivity index (χ3n) is 17.4. The molecule has 73 heavy (non-hydrogen) atoms. The Balaban J connectivity index is 0.000000247. The fourth-order valence-corrected chi connectivity index (χ4v) is 13.8. The van der Waals surface area contributed by atoms with Gasteiger partial charge in [-0.05, 0) is 155 Å². The van der Waals surface area contributed by atoms with Crippen LogP contribution in [0.4, 0.5) is 0 Å². The van der Waals surface area contributed by atoms with E-state index in [1.807, 2.05) is 0 Å². The summed E-state index contributed by atoms with van der Waals surface area (Å²) in [5.41, 5.74) is 9.44. The summed E-state index contributed by atoms with van der Waals surface area (Å²) in [7, 11) is 1.26. The maximum atomic E-state index is 14.0. The maximum absolute atomic E-state index is 14.0. The SMILES string of the molecule is CC(C)c1ccc2c(c1)CCC1[C@](C)(C(=O)NCCNC(=O)[C@]3(C)CCC[C@]4(C)c5ccc(C(C)C)cc5CCC34)CCC[C@]21C.COc1ccc(/C=C\c2cc(OC)c(OC)c(OC)c2)cc1OP(=O)(O)O. The summed E-state index contributed by atoms with van der Waals surface area (Å²) in [4.78, 5) is 46.0. The minimum absolute atomic E-state index is 0.0266. The molecule has 4 aliphatic rings. The quantitative estimate of drug-likeness (QED) is 0.0512. The topological polar surface area (TPSA) is 162 Å². The predicted molar refractivity (Wildman–Crippen MR) is 290 cm³/mol. The van der Waals surface area contributed by atoms with Gasteiger partial charge in [0.1, 0.15) is 0 Å². The summed E-state index contributed by atoms with van der Waals surface area (Å²) in [6, 6.07) is 22.5. The number of ether oxygens (including phenoxy) is 4. The minimum atomic E-state index is -4.71. The van der Waals surface area contributed by atoms with Crippen LogP contribution >= 0.6 is 7.82 Å². The zero-order valence-corrected chi connectivity index (χ0v) is 46.3. The lowest BCUT2D eigenvalue weighted by atomic mass is 9.49. The van der Waals surface area contributed by atoms with E-state index in [1.165, 1.54) is 67.9 Å². The number of fused-ring (bicyclic) bond motifs is 6. The van der Waals surface area contributed by atoms with Crippen LogP contribution in [-0.4, -0.2) is 63.1 Å². The molecule has 13 heteroatoms. The van der Waals surface area contributed by atoms with Crippen LogP contribution in [-0.2, 0) is 37.8 Å². The van der Waals surface area contributed by atoms with Crippen molar-refractivity contribution in [2.75, 3.05) is 41.5 Å². The average Bonchev–Trinajstić information content (AvgIpc) is 3.35. The molecule has 2 amide bonds. The molecule has 0 radical (unpaired) electrons. The zero-order valence-electron chi connectivity index (χ0n) is 45.4. The number of hydrogen-bond acceptors (Lipinski definition) is 8. The molecule has 0 saturated heterocycles. The second-order valence-corrected chi connectivity index (χ2v) is 23.7. The Morgan fingerprint density at radius 1 is 0.603 bits per heavy atom. The molecule has 0 aliphatic heterocycles. The Morgan fingerprint density at radius 3 is 1.45 bits per heavy atom. The number of methoxy groups -OCH3 is 4. The Labute approximate surface area is 434 Å². The first-order valence-corrected chi connectivity index (χ1v) is 27.8. The summed E-state index contributed by atoms with van der Waals surface area (Å²) in [5, 5.41) is 6.60. The van der Waals surface area contributed by atoms with Crippen molar-refractivity contribution in [2.24, 2.45) is 22.7 Å². The lowest BCUT2D eigenvalue weighted by Crippen LogP contribution is -2.57. The molecule has 0 aromatic heterocycles. The molecule has 0 heterocycles. The zero-order chi connectivity index (χ0) is 53.1. The van der Waals surface area contributed by atoms with Crippen molar-refractivity contribution in [3.05, 3.63) is 111 Å². The number of phosphoric ester groups is 1. The molecule has 4 aromatic carbocycles. The summed E-state index contributed by atoms with van der Waals surface area (Å²) in [6.45, 7) is 19.3. The van der Waals surface area contributed by atoms with Crippen LogP contribution in [0.25, 0.3) is 12.2 Å². The second-order valence-electron chi connectivity index (χ2n) is 22.5. The molecule has 4 N–H and O–H groups in total. The summed E-state index contributed by atoms with van der Waals surface area (Å²) in [5.74, 6) is 3.70. The Bertz CT molecular complexity index is 2590. The van der Waals surface area contributed by atoms with Crippen LogP contribution in [0, 0.1) is 22.7 Å². The van der Waals surface area contributed by atoms with Gasteiger partial charge in [0.25, 0.3) is 0 Å². The number of nitrogens with one attached hydrogen (secondary N) is 2. The third kappa shape index (κ3) is 11.4. The van der Waals surface area contributed by atoms with Crippen molar-refractivity contribution in [1.29, 1.82) is 0 Å². The fraction of sp³-hybridized carbons (Fsp3) is 0.533. The van der Waals surface area contributed by atoms with Crippen molar-refractivity contribution in [3.8, 4) is 28.7 Å². The van der Waals surface area contributed by atoms with E-state index in [2.05, 4.69) is 107 Å². The highest BCUT2D eigenvalue weighted by Gasteiger charge is 2.56. The number of aryl methyl sites for hydroxylation is 2. The maximum Gasteiger partial charge on any atom is 0.524 e. The molecule has 2 unspecified atom stereocenters. The predicted octanol–water partition coefficient (Wildman–Crippen LogP) is 12.2. The standard InChI is InChI=1S/C42H60N2O2.C18H21O8P/c1-27(2)29-11-15-33-31(25-29)13-17-35-39(33,5)19-9-21-41(35,7)37(45)43-23-24-44-38(46)42(8)22-10-20-40(6)34-16-12-30(28(3)4)26-32(34)14-18-36(40)42;1-22-14-8-7-12(9-15(14)26-27(19,20)21)5-6-13-10-16(23-2)18(25-4)17(11-13)24-3/h11-12,15-16,25-28,35-36H,9-10,13-14,17-24H2,1-8H3,(H,43,45)(H,44,46);5-11H,1-4H3,(H2,19,20,21)/b;6-5-/t35?,36?,39-,40-,41-,42-;/m1./s1.